The molecule has 0 radical (unpaired) electrons. The highest BCUT2D eigenvalue weighted by molar-refractivity contribution is 5.70. The van der Waals surface area contributed by atoms with Crippen molar-refractivity contribution in [2.45, 2.75) is 50.8 Å². The second kappa shape index (κ2) is 6.78. The number of hydrogen-bond acceptors (Lipinski definition) is 5. The summed E-state index contributed by atoms with van der Waals surface area (Å²) >= 11 is 0. The Labute approximate surface area is 144 Å². The molecule has 8 heteroatoms. The van der Waals surface area contributed by atoms with Gasteiger partial charge in [0, 0.05) is 6.04 Å². The Morgan fingerprint density at radius 2 is 2.04 bits per heavy atom. The van der Waals surface area contributed by atoms with Crippen molar-refractivity contribution in [2.75, 3.05) is 6.54 Å². The molecule has 4 rings (SSSR count). The second-order valence-electron chi connectivity index (χ2n) is 6.64. The summed E-state index contributed by atoms with van der Waals surface area (Å²) in [5, 5.41) is 8.12. The molecule has 3 heterocycles. The van der Waals surface area contributed by atoms with Crippen molar-refractivity contribution in [1.29, 1.82) is 0 Å². The first kappa shape index (κ1) is 16.0. The van der Waals surface area contributed by atoms with Gasteiger partial charge in [0.2, 0.25) is 0 Å². The third-order valence-electron chi connectivity index (χ3n) is 4.84. The first-order valence-electron chi connectivity index (χ1n) is 8.68. The number of nitrogens with zero attached hydrogens (tertiary/aromatic N) is 5. The fourth-order valence-corrected chi connectivity index (χ4v) is 3.57. The monoisotopic (exact) mass is 345 g/mol. The lowest BCUT2D eigenvalue weighted by Gasteiger charge is -2.28. The van der Waals surface area contributed by atoms with Crippen LogP contribution in [0.1, 0.15) is 32.1 Å². The van der Waals surface area contributed by atoms with Gasteiger partial charge < -0.3 is 9.64 Å². The smallest absolute Gasteiger partial charge is 0.410 e. The largest absolute Gasteiger partial charge is 0.442 e. The predicted molar refractivity (Wildman–Crippen MR) is 87.1 cm³/mol. The Bertz CT molecular complexity index is 742. The zero-order valence-corrected chi connectivity index (χ0v) is 13.8. The van der Waals surface area contributed by atoms with E-state index in [1.54, 1.807) is 16.9 Å². The summed E-state index contributed by atoms with van der Waals surface area (Å²) < 4.78 is 20.1. The summed E-state index contributed by atoms with van der Waals surface area (Å²) in [7, 11) is 0. The van der Waals surface area contributed by atoms with E-state index in [9.17, 15) is 9.18 Å². The highest BCUT2D eigenvalue weighted by Gasteiger charge is 2.36. The number of ether oxygens (including phenoxy) is 1. The van der Waals surface area contributed by atoms with Crippen LogP contribution in [0.4, 0.5) is 9.18 Å². The van der Waals surface area contributed by atoms with E-state index in [0.29, 0.717) is 30.5 Å². The fourth-order valence-electron chi connectivity index (χ4n) is 3.57. The van der Waals surface area contributed by atoms with Crippen LogP contribution >= 0.6 is 0 Å². The number of aromatic nitrogens is 4. The van der Waals surface area contributed by atoms with E-state index >= 15 is 0 Å². The average Bonchev–Trinajstić information content (AvgIpc) is 3.23. The molecule has 132 valence electrons. The first-order chi connectivity index (χ1) is 12.2. The van der Waals surface area contributed by atoms with Gasteiger partial charge >= 0.3 is 6.09 Å². The van der Waals surface area contributed by atoms with Crippen LogP contribution in [0.5, 0.6) is 0 Å². The zero-order chi connectivity index (χ0) is 17.2. The SMILES string of the molecule is O=C1OC(Cn2cc(-c3ccc(F)cn3)nn2)CN1C1CCCCC1. The summed E-state index contributed by atoms with van der Waals surface area (Å²) in [5.74, 6) is -0.392. The quantitative estimate of drug-likeness (QED) is 0.852. The molecule has 7 nitrogen and oxygen atoms in total. The minimum absolute atomic E-state index is 0.225. The molecule has 0 aromatic carbocycles. The lowest BCUT2D eigenvalue weighted by Crippen LogP contribution is -2.38. The van der Waals surface area contributed by atoms with E-state index in [1.165, 1.54) is 25.3 Å². The zero-order valence-electron chi connectivity index (χ0n) is 13.8. The average molecular weight is 345 g/mol. The molecule has 25 heavy (non-hydrogen) atoms. The molecule has 2 aliphatic rings. The fraction of sp³-hybridized carbons (Fsp3) is 0.529. The van der Waals surface area contributed by atoms with Gasteiger partial charge in [-0.2, -0.15) is 0 Å². The van der Waals surface area contributed by atoms with Gasteiger partial charge in [0.25, 0.3) is 0 Å². The van der Waals surface area contributed by atoms with Crippen LogP contribution in [0, 0.1) is 5.82 Å². The Hall–Kier alpha value is -2.51. The summed E-state index contributed by atoms with van der Waals surface area (Å²) in [6.07, 6.45) is 8.15. The van der Waals surface area contributed by atoms with Gasteiger partial charge in [-0.25, -0.2) is 13.9 Å². The Kier molecular flexibility index (Phi) is 4.33. The molecule has 0 bridgehead atoms. The summed E-state index contributed by atoms with van der Waals surface area (Å²) in [4.78, 5) is 18.0. The van der Waals surface area contributed by atoms with E-state index in [1.807, 2.05) is 4.90 Å². The molecule has 1 atom stereocenters. The first-order valence-corrected chi connectivity index (χ1v) is 8.68. The second-order valence-corrected chi connectivity index (χ2v) is 6.64. The van der Waals surface area contributed by atoms with Crippen molar-refractivity contribution < 1.29 is 13.9 Å². The van der Waals surface area contributed by atoms with Crippen LogP contribution in [0.25, 0.3) is 11.4 Å². The minimum atomic E-state index is -0.392. The third-order valence-corrected chi connectivity index (χ3v) is 4.84. The molecule has 2 aromatic rings. The highest BCUT2D eigenvalue weighted by Crippen LogP contribution is 2.27. The number of carbonyl (C=O) groups excluding carboxylic acids is 1. The Morgan fingerprint density at radius 1 is 1.20 bits per heavy atom. The van der Waals surface area contributed by atoms with Gasteiger partial charge in [-0.3, -0.25) is 4.98 Å². The molecule has 1 saturated carbocycles. The van der Waals surface area contributed by atoms with Crippen molar-refractivity contribution in [2.24, 2.45) is 0 Å². The topological polar surface area (TPSA) is 73.1 Å². The molecule has 1 aliphatic heterocycles. The van der Waals surface area contributed by atoms with E-state index in [4.69, 9.17) is 4.74 Å². The van der Waals surface area contributed by atoms with Crippen LogP contribution < -0.4 is 0 Å². The molecule has 1 amide bonds. The molecule has 1 aliphatic carbocycles. The van der Waals surface area contributed by atoms with Crippen molar-refractivity contribution in [3.05, 3.63) is 30.3 Å². The lowest BCUT2D eigenvalue weighted by atomic mass is 9.94. The van der Waals surface area contributed by atoms with Gasteiger partial charge in [0.05, 0.1) is 31.2 Å². The summed E-state index contributed by atoms with van der Waals surface area (Å²) in [6, 6.07) is 3.20. The number of amides is 1. The van der Waals surface area contributed by atoms with E-state index < -0.39 is 5.82 Å². The normalized spacial score (nSPS) is 21.6. The van der Waals surface area contributed by atoms with Gasteiger partial charge in [0.15, 0.2) is 0 Å². The van der Waals surface area contributed by atoms with E-state index in [0.717, 1.165) is 19.0 Å². The van der Waals surface area contributed by atoms with Gasteiger partial charge in [0.1, 0.15) is 17.6 Å². The highest BCUT2D eigenvalue weighted by atomic mass is 19.1. The van der Waals surface area contributed by atoms with Crippen molar-refractivity contribution in [1.82, 2.24) is 24.9 Å². The molecule has 0 spiro atoms. The predicted octanol–water partition coefficient (Wildman–Crippen LogP) is 2.63. The Morgan fingerprint density at radius 3 is 2.80 bits per heavy atom. The number of halogens is 1. The maximum absolute atomic E-state index is 12.9. The molecule has 2 fully saturated rings. The van der Waals surface area contributed by atoms with Crippen LogP contribution in [0.3, 0.4) is 0 Å². The number of carbonyl (C=O) groups is 1. The van der Waals surface area contributed by atoms with Gasteiger partial charge in [-0.15, -0.1) is 5.10 Å². The molecule has 1 saturated heterocycles. The standard InChI is InChI=1S/C17H20FN5O2/c18-12-6-7-15(19-8-12)16-11-22(21-20-16)9-14-10-23(17(24)25-14)13-4-2-1-3-5-13/h6-8,11,13-14H,1-5,9-10H2. The van der Waals surface area contributed by atoms with Crippen molar-refractivity contribution in [3.63, 3.8) is 0 Å². The van der Waals surface area contributed by atoms with Gasteiger partial charge in [-0.1, -0.05) is 24.5 Å². The maximum atomic E-state index is 12.9. The number of hydrogen-bond donors (Lipinski definition) is 0. The number of cyclic esters (lactones) is 1. The van der Waals surface area contributed by atoms with Crippen molar-refractivity contribution in [3.8, 4) is 11.4 Å². The molecule has 0 N–H and O–H groups in total. The lowest BCUT2D eigenvalue weighted by molar-refractivity contribution is 0.117. The maximum Gasteiger partial charge on any atom is 0.410 e. The van der Waals surface area contributed by atoms with Gasteiger partial charge in [-0.05, 0) is 25.0 Å². The van der Waals surface area contributed by atoms with Crippen LogP contribution in [-0.4, -0.2) is 49.7 Å². The Balaban J connectivity index is 1.39. The van der Waals surface area contributed by atoms with E-state index in [2.05, 4.69) is 15.3 Å². The summed E-state index contributed by atoms with van der Waals surface area (Å²) in [5.41, 5.74) is 1.12. The molecule has 2 aromatic heterocycles. The molecular formula is C17H20FN5O2. The van der Waals surface area contributed by atoms with Crippen LogP contribution in [0.2, 0.25) is 0 Å². The van der Waals surface area contributed by atoms with E-state index in [-0.39, 0.29) is 12.2 Å². The van der Waals surface area contributed by atoms with Crippen molar-refractivity contribution >= 4 is 6.09 Å². The minimum Gasteiger partial charge on any atom is -0.442 e. The number of pyridine rings is 1. The van der Waals surface area contributed by atoms with Crippen LogP contribution in [-0.2, 0) is 11.3 Å². The number of rotatable bonds is 4. The third kappa shape index (κ3) is 3.47. The van der Waals surface area contributed by atoms with Crippen LogP contribution in [0.15, 0.2) is 24.5 Å². The molecular weight excluding hydrogens is 325 g/mol. The summed E-state index contributed by atoms with van der Waals surface area (Å²) in [6.45, 7) is 1.04. The molecule has 1 unspecified atom stereocenters.